The first-order chi connectivity index (χ1) is 6.47. The van der Waals surface area contributed by atoms with E-state index in [1.54, 1.807) is 0 Å². The summed E-state index contributed by atoms with van der Waals surface area (Å²) in [4.78, 5) is 7.49. The Kier molecular flexibility index (Phi) is 4.77. The van der Waals surface area contributed by atoms with E-state index in [4.69, 9.17) is 0 Å². The molecule has 0 amide bonds. The monoisotopic (exact) mass is 228 g/mol. The molecular weight excluding hydrogens is 200 g/mol. The summed E-state index contributed by atoms with van der Waals surface area (Å²) in [5.41, 5.74) is 0.310. The first-order valence-corrected chi connectivity index (χ1v) is 8.38. The molecule has 0 bridgehead atoms. The topological polar surface area (TPSA) is 24.1 Å². The summed E-state index contributed by atoms with van der Waals surface area (Å²) in [6, 6.07) is 1.04. The highest BCUT2D eigenvalue weighted by Gasteiger charge is 2.34. The van der Waals surface area contributed by atoms with Crippen LogP contribution in [0.3, 0.4) is 0 Å². The molecule has 15 heavy (non-hydrogen) atoms. The predicted molar refractivity (Wildman–Crippen MR) is 72.4 cm³/mol. The van der Waals surface area contributed by atoms with Gasteiger partial charge in [0.1, 0.15) is 0 Å². The molecule has 0 saturated heterocycles. The van der Waals surface area contributed by atoms with E-state index in [0.29, 0.717) is 0 Å². The van der Waals surface area contributed by atoms with Crippen molar-refractivity contribution in [2.75, 3.05) is 0 Å². The number of allylic oxidation sites excluding steroid dienone is 1. The zero-order valence-electron chi connectivity index (χ0n) is 11.5. The standard InChI is InChI=1S/C12H28N2Si/c1-9-10-15(8,13-11(2,3)4)14-12(5,6)7/h9,13-14H,1,10H2,2-8H3. The van der Waals surface area contributed by atoms with Gasteiger partial charge in [-0.15, -0.1) is 6.58 Å². The maximum absolute atomic E-state index is 3.86. The summed E-state index contributed by atoms with van der Waals surface area (Å²) >= 11 is 0. The van der Waals surface area contributed by atoms with Gasteiger partial charge in [-0.2, -0.15) is 0 Å². The molecule has 0 aliphatic rings. The first-order valence-electron chi connectivity index (χ1n) is 5.67. The van der Waals surface area contributed by atoms with Crippen molar-refractivity contribution in [1.29, 1.82) is 0 Å². The van der Waals surface area contributed by atoms with E-state index >= 15 is 0 Å². The van der Waals surface area contributed by atoms with E-state index < -0.39 is 8.40 Å². The van der Waals surface area contributed by atoms with E-state index in [2.05, 4.69) is 64.6 Å². The van der Waals surface area contributed by atoms with E-state index in [1.165, 1.54) is 0 Å². The van der Waals surface area contributed by atoms with Crippen molar-refractivity contribution in [2.45, 2.75) is 65.2 Å². The van der Waals surface area contributed by atoms with Crippen molar-refractivity contribution < 1.29 is 0 Å². The van der Waals surface area contributed by atoms with Crippen LogP contribution >= 0.6 is 0 Å². The van der Waals surface area contributed by atoms with Crippen molar-refractivity contribution in [1.82, 2.24) is 9.96 Å². The third-order valence-electron chi connectivity index (χ3n) is 1.85. The smallest absolute Gasteiger partial charge is 0.202 e. The molecule has 0 heterocycles. The molecule has 90 valence electrons. The van der Waals surface area contributed by atoms with Gasteiger partial charge in [-0.05, 0) is 54.1 Å². The lowest BCUT2D eigenvalue weighted by Crippen LogP contribution is -2.69. The number of hydrogen-bond acceptors (Lipinski definition) is 2. The average Bonchev–Trinajstić information content (AvgIpc) is 1.74. The predicted octanol–water partition coefficient (Wildman–Crippen LogP) is 3.02. The van der Waals surface area contributed by atoms with Crippen molar-refractivity contribution in [3.05, 3.63) is 12.7 Å². The molecular formula is C12H28N2Si. The summed E-state index contributed by atoms with van der Waals surface area (Å²) in [7, 11) is -1.64. The van der Waals surface area contributed by atoms with E-state index in [1.807, 2.05) is 6.08 Å². The van der Waals surface area contributed by atoms with Crippen LogP contribution in [0.2, 0.25) is 12.6 Å². The molecule has 0 aliphatic heterocycles. The molecule has 0 atom stereocenters. The van der Waals surface area contributed by atoms with Gasteiger partial charge < -0.3 is 9.96 Å². The zero-order chi connectivity index (χ0) is 12.3. The van der Waals surface area contributed by atoms with Gasteiger partial charge in [0.05, 0.1) is 0 Å². The molecule has 2 nitrogen and oxygen atoms in total. The minimum atomic E-state index is -1.64. The van der Waals surface area contributed by atoms with Crippen molar-refractivity contribution >= 4 is 8.40 Å². The van der Waals surface area contributed by atoms with Crippen LogP contribution < -0.4 is 9.96 Å². The number of nitrogens with one attached hydrogen (secondary N) is 2. The second-order valence-corrected chi connectivity index (χ2v) is 10.1. The lowest BCUT2D eigenvalue weighted by Gasteiger charge is -2.40. The number of rotatable bonds is 4. The van der Waals surface area contributed by atoms with Gasteiger partial charge >= 0.3 is 0 Å². The van der Waals surface area contributed by atoms with Gasteiger partial charge in [0, 0.05) is 11.1 Å². The molecule has 0 spiro atoms. The van der Waals surface area contributed by atoms with Gasteiger partial charge in [0.2, 0.25) is 8.40 Å². The fourth-order valence-corrected chi connectivity index (χ4v) is 6.23. The molecule has 0 aromatic heterocycles. The highest BCUT2D eigenvalue weighted by molar-refractivity contribution is 6.74. The second kappa shape index (κ2) is 4.81. The zero-order valence-corrected chi connectivity index (χ0v) is 12.5. The molecule has 2 N–H and O–H groups in total. The number of hydrogen-bond donors (Lipinski definition) is 2. The van der Waals surface area contributed by atoms with Gasteiger partial charge in [-0.25, -0.2) is 0 Å². The van der Waals surface area contributed by atoms with Crippen LogP contribution in [0, 0.1) is 0 Å². The molecule has 0 fully saturated rings. The van der Waals surface area contributed by atoms with Crippen LogP contribution in [0.5, 0.6) is 0 Å². The van der Waals surface area contributed by atoms with Crippen molar-refractivity contribution in [2.24, 2.45) is 0 Å². The van der Waals surface area contributed by atoms with Gasteiger partial charge in [-0.1, -0.05) is 6.08 Å². The third kappa shape index (κ3) is 7.77. The molecule has 0 aliphatic carbocycles. The molecule has 0 aromatic rings. The fourth-order valence-electron chi connectivity index (χ4n) is 2.08. The first kappa shape index (κ1) is 14.9. The Bertz CT molecular complexity index is 195. The Morgan fingerprint density at radius 3 is 1.53 bits per heavy atom. The minimum absolute atomic E-state index is 0.155. The van der Waals surface area contributed by atoms with Crippen molar-refractivity contribution in [3.63, 3.8) is 0 Å². The molecule has 3 heteroatoms. The SMILES string of the molecule is C=CC[Si](C)(NC(C)(C)C)NC(C)(C)C. The molecule has 0 saturated carbocycles. The van der Waals surface area contributed by atoms with E-state index in [0.717, 1.165) is 6.04 Å². The lowest BCUT2D eigenvalue weighted by molar-refractivity contribution is 0.463. The summed E-state index contributed by atoms with van der Waals surface area (Å²) in [6.07, 6.45) is 2.02. The van der Waals surface area contributed by atoms with Crippen molar-refractivity contribution in [3.8, 4) is 0 Å². The van der Waals surface area contributed by atoms with Gasteiger partial charge in [-0.3, -0.25) is 0 Å². The van der Waals surface area contributed by atoms with Crippen LogP contribution in [0.1, 0.15) is 41.5 Å². The minimum Gasteiger partial charge on any atom is -0.321 e. The Balaban J connectivity index is 4.66. The van der Waals surface area contributed by atoms with Crippen LogP contribution in [0.25, 0.3) is 0 Å². The quantitative estimate of drug-likeness (QED) is 0.571. The highest BCUT2D eigenvalue weighted by Crippen LogP contribution is 2.14. The van der Waals surface area contributed by atoms with E-state index in [-0.39, 0.29) is 11.1 Å². The lowest BCUT2D eigenvalue weighted by atomic mass is 10.1. The van der Waals surface area contributed by atoms with Crippen LogP contribution in [0.4, 0.5) is 0 Å². The second-order valence-electron chi connectivity index (χ2n) is 6.57. The van der Waals surface area contributed by atoms with E-state index in [9.17, 15) is 0 Å². The van der Waals surface area contributed by atoms with Crippen LogP contribution in [0.15, 0.2) is 12.7 Å². The summed E-state index contributed by atoms with van der Waals surface area (Å²) in [5, 5.41) is 0. The molecule has 0 unspecified atom stereocenters. The summed E-state index contributed by atoms with van der Waals surface area (Å²) in [6.45, 7) is 19.5. The van der Waals surface area contributed by atoms with Crippen LogP contribution in [-0.2, 0) is 0 Å². The maximum atomic E-state index is 3.86. The fraction of sp³-hybridized carbons (Fsp3) is 0.833. The molecule has 0 rings (SSSR count). The largest absolute Gasteiger partial charge is 0.321 e. The third-order valence-corrected chi connectivity index (χ3v) is 5.56. The summed E-state index contributed by atoms with van der Waals surface area (Å²) < 4.78 is 0. The molecule has 0 radical (unpaired) electrons. The Morgan fingerprint density at radius 2 is 1.33 bits per heavy atom. The molecule has 0 aromatic carbocycles. The van der Waals surface area contributed by atoms with Gasteiger partial charge in [0.15, 0.2) is 0 Å². The Hall–Kier alpha value is -0.123. The van der Waals surface area contributed by atoms with Gasteiger partial charge in [0.25, 0.3) is 0 Å². The Labute approximate surface area is 96.7 Å². The normalized spacial score (nSPS) is 14.1. The average molecular weight is 228 g/mol. The van der Waals surface area contributed by atoms with Crippen LogP contribution in [-0.4, -0.2) is 19.5 Å². The highest BCUT2D eigenvalue weighted by atomic mass is 28.3. The Morgan fingerprint density at radius 1 is 1.00 bits per heavy atom. The maximum Gasteiger partial charge on any atom is 0.202 e. The summed E-state index contributed by atoms with van der Waals surface area (Å²) in [5.74, 6) is 0.